The van der Waals surface area contributed by atoms with E-state index in [1.165, 1.54) is 0 Å². The number of aliphatic hydroxyl groups is 1. The second-order valence-corrected chi connectivity index (χ2v) is 5.57. The second-order valence-electron chi connectivity index (χ2n) is 5.57. The zero-order valence-corrected chi connectivity index (χ0v) is 12.7. The van der Waals surface area contributed by atoms with Crippen LogP contribution in [0.5, 0.6) is 0 Å². The Morgan fingerprint density at radius 3 is 2.82 bits per heavy atom. The Morgan fingerprint density at radius 2 is 2.05 bits per heavy atom. The summed E-state index contributed by atoms with van der Waals surface area (Å²) in [5.74, 6) is 0.324. The van der Waals surface area contributed by atoms with Crippen molar-refractivity contribution in [3.63, 3.8) is 0 Å². The monoisotopic (exact) mass is 297 g/mol. The standard InChI is InChI=1S/C16H19N5O/c1-11(2)14-7-15(16-19-18-10-21(16)20-14)17-8-12-4-3-5-13(6-12)9-22/h3-7,10-11,17,22H,8-9H2,1-2H3. The van der Waals surface area contributed by atoms with Gasteiger partial charge in [0.25, 0.3) is 0 Å². The summed E-state index contributed by atoms with van der Waals surface area (Å²) in [7, 11) is 0. The van der Waals surface area contributed by atoms with Gasteiger partial charge in [0.05, 0.1) is 18.0 Å². The highest BCUT2D eigenvalue weighted by Crippen LogP contribution is 2.20. The van der Waals surface area contributed by atoms with E-state index in [0.717, 1.165) is 22.5 Å². The van der Waals surface area contributed by atoms with Crippen molar-refractivity contribution >= 4 is 11.3 Å². The fourth-order valence-electron chi connectivity index (χ4n) is 2.29. The molecule has 0 atom stereocenters. The van der Waals surface area contributed by atoms with E-state index in [-0.39, 0.29) is 6.61 Å². The lowest BCUT2D eigenvalue weighted by Crippen LogP contribution is -2.06. The predicted molar refractivity (Wildman–Crippen MR) is 84.6 cm³/mol. The number of anilines is 1. The summed E-state index contributed by atoms with van der Waals surface area (Å²) in [6, 6.07) is 9.88. The van der Waals surface area contributed by atoms with E-state index < -0.39 is 0 Å². The van der Waals surface area contributed by atoms with Crippen molar-refractivity contribution in [1.82, 2.24) is 19.8 Å². The van der Waals surface area contributed by atoms with Crippen molar-refractivity contribution in [2.75, 3.05) is 5.32 Å². The fourth-order valence-corrected chi connectivity index (χ4v) is 2.29. The number of aliphatic hydroxyl groups excluding tert-OH is 1. The molecule has 0 aliphatic rings. The van der Waals surface area contributed by atoms with E-state index in [1.807, 2.05) is 30.3 Å². The maximum atomic E-state index is 9.21. The smallest absolute Gasteiger partial charge is 0.200 e. The van der Waals surface area contributed by atoms with Crippen LogP contribution in [0.15, 0.2) is 36.7 Å². The van der Waals surface area contributed by atoms with Crippen LogP contribution in [0.3, 0.4) is 0 Å². The first-order valence-electron chi connectivity index (χ1n) is 7.31. The van der Waals surface area contributed by atoms with Crippen LogP contribution >= 0.6 is 0 Å². The summed E-state index contributed by atoms with van der Waals surface area (Å²) in [6.45, 7) is 4.91. The van der Waals surface area contributed by atoms with E-state index in [9.17, 15) is 5.11 Å². The highest BCUT2D eigenvalue weighted by Gasteiger charge is 2.10. The molecule has 2 N–H and O–H groups in total. The molecule has 6 heteroatoms. The summed E-state index contributed by atoms with van der Waals surface area (Å²) in [5.41, 5.74) is 4.61. The molecule has 0 saturated carbocycles. The van der Waals surface area contributed by atoms with Gasteiger partial charge in [-0.25, -0.2) is 0 Å². The Labute approximate surface area is 128 Å². The van der Waals surface area contributed by atoms with Gasteiger partial charge in [0, 0.05) is 6.54 Å². The van der Waals surface area contributed by atoms with Crippen LogP contribution in [0.4, 0.5) is 5.69 Å². The second kappa shape index (κ2) is 6.11. The first-order chi connectivity index (χ1) is 10.7. The van der Waals surface area contributed by atoms with Gasteiger partial charge in [-0.05, 0) is 23.1 Å². The van der Waals surface area contributed by atoms with Gasteiger partial charge in [0.1, 0.15) is 6.33 Å². The lowest BCUT2D eigenvalue weighted by Gasteiger charge is -2.11. The molecule has 114 valence electrons. The Bertz CT molecular complexity index is 781. The lowest BCUT2D eigenvalue weighted by atomic mass is 10.1. The molecule has 0 amide bonds. The molecule has 0 spiro atoms. The molecule has 0 saturated heterocycles. The summed E-state index contributed by atoms with van der Waals surface area (Å²) >= 11 is 0. The van der Waals surface area contributed by atoms with Crippen LogP contribution in [-0.2, 0) is 13.2 Å². The fraction of sp³-hybridized carbons (Fsp3) is 0.312. The maximum absolute atomic E-state index is 9.21. The van der Waals surface area contributed by atoms with Gasteiger partial charge in [-0.2, -0.15) is 9.61 Å². The van der Waals surface area contributed by atoms with Gasteiger partial charge in [0.15, 0.2) is 0 Å². The average molecular weight is 297 g/mol. The largest absolute Gasteiger partial charge is 0.392 e. The number of benzene rings is 1. The van der Waals surface area contributed by atoms with E-state index >= 15 is 0 Å². The Hall–Kier alpha value is -2.47. The SMILES string of the molecule is CC(C)c1cc(NCc2cccc(CO)c2)c2nncn2n1. The van der Waals surface area contributed by atoms with Crippen molar-refractivity contribution in [2.45, 2.75) is 32.9 Å². The van der Waals surface area contributed by atoms with Gasteiger partial charge in [-0.15, -0.1) is 10.2 Å². The molecule has 6 nitrogen and oxygen atoms in total. The molecule has 3 aromatic rings. The number of aromatic nitrogens is 4. The third-order valence-corrected chi connectivity index (χ3v) is 3.54. The molecule has 0 aliphatic carbocycles. The average Bonchev–Trinajstić information content (AvgIpc) is 3.01. The topological polar surface area (TPSA) is 75.3 Å². The van der Waals surface area contributed by atoms with E-state index in [1.54, 1.807) is 10.8 Å². The molecule has 3 rings (SSSR count). The highest BCUT2D eigenvalue weighted by molar-refractivity contribution is 5.66. The molecule has 0 radical (unpaired) electrons. The predicted octanol–water partition coefficient (Wildman–Crippen LogP) is 2.35. The van der Waals surface area contributed by atoms with Gasteiger partial charge < -0.3 is 10.4 Å². The maximum Gasteiger partial charge on any atom is 0.200 e. The van der Waals surface area contributed by atoms with Crippen LogP contribution < -0.4 is 5.32 Å². The number of fused-ring (bicyclic) bond motifs is 1. The van der Waals surface area contributed by atoms with Gasteiger partial charge >= 0.3 is 0 Å². The van der Waals surface area contributed by atoms with Crippen molar-refractivity contribution in [3.8, 4) is 0 Å². The number of hydrogen-bond donors (Lipinski definition) is 2. The highest BCUT2D eigenvalue weighted by atomic mass is 16.3. The Kier molecular flexibility index (Phi) is 4.02. The van der Waals surface area contributed by atoms with Gasteiger partial charge in [-0.3, -0.25) is 0 Å². The third-order valence-electron chi connectivity index (χ3n) is 3.54. The van der Waals surface area contributed by atoms with E-state index in [2.05, 4.69) is 34.5 Å². The molecule has 22 heavy (non-hydrogen) atoms. The summed E-state index contributed by atoms with van der Waals surface area (Å²) in [5, 5.41) is 25.1. The van der Waals surface area contributed by atoms with Crippen molar-refractivity contribution in [3.05, 3.63) is 53.5 Å². The number of hydrogen-bond acceptors (Lipinski definition) is 5. The Balaban J connectivity index is 1.87. The van der Waals surface area contributed by atoms with E-state index in [4.69, 9.17) is 0 Å². The molecule has 2 aromatic heterocycles. The quantitative estimate of drug-likeness (QED) is 0.756. The van der Waals surface area contributed by atoms with Crippen LogP contribution in [0, 0.1) is 0 Å². The minimum Gasteiger partial charge on any atom is -0.392 e. The van der Waals surface area contributed by atoms with Crippen LogP contribution in [-0.4, -0.2) is 24.9 Å². The van der Waals surface area contributed by atoms with Crippen molar-refractivity contribution < 1.29 is 5.11 Å². The Morgan fingerprint density at radius 1 is 1.23 bits per heavy atom. The normalized spacial score (nSPS) is 11.3. The third kappa shape index (κ3) is 2.92. The summed E-state index contributed by atoms with van der Waals surface area (Å²) in [4.78, 5) is 0. The van der Waals surface area contributed by atoms with Crippen molar-refractivity contribution in [2.24, 2.45) is 0 Å². The van der Waals surface area contributed by atoms with Crippen LogP contribution in [0.2, 0.25) is 0 Å². The van der Waals surface area contributed by atoms with Crippen LogP contribution in [0.25, 0.3) is 5.65 Å². The minimum atomic E-state index is 0.0506. The lowest BCUT2D eigenvalue weighted by molar-refractivity contribution is 0.281. The summed E-state index contributed by atoms with van der Waals surface area (Å²) < 4.78 is 1.70. The van der Waals surface area contributed by atoms with E-state index in [0.29, 0.717) is 18.1 Å². The molecule has 0 unspecified atom stereocenters. The first-order valence-corrected chi connectivity index (χ1v) is 7.31. The van der Waals surface area contributed by atoms with Gasteiger partial charge in [0.2, 0.25) is 5.65 Å². The zero-order valence-electron chi connectivity index (χ0n) is 12.7. The molecule has 1 aromatic carbocycles. The molecule has 0 fully saturated rings. The summed E-state index contributed by atoms with van der Waals surface area (Å²) in [6.07, 6.45) is 1.61. The molecule has 0 aliphatic heterocycles. The molecular formula is C16H19N5O. The number of rotatable bonds is 5. The molecule has 2 heterocycles. The first kappa shape index (κ1) is 14.5. The van der Waals surface area contributed by atoms with Crippen molar-refractivity contribution in [1.29, 1.82) is 0 Å². The number of nitrogens with zero attached hydrogens (tertiary/aromatic N) is 4. The van der Waals surface area contributed by atoms with Crippen LogP contribution in [0.1, 0.15) is 36.6 Å². The minimum absolute atomic E-state index is 0.0506. The molecular weight excluding hydrogens is 278 g/mol. The molecule has 0 bridgehead atoms. The van der Waals surface area contributed by atoms with Gasteiger partial charge in [-0.1, -0.05) is 38.1 Å². The zero-order chi connectivity index (χ0) is 15.5. The number of nitrogens with one attached hydrogen (secondary N) is 1.